The number of hydrogen-bond acceptors (Lipinski definition) is 10. The van der Waals surface area contributed by atoms with Crippen molar-refractivity contribution in [3.05, 3.63) is 17.7 Å². The van der Waals surface area contributed by atoms with Crippen LogP contribution in [0.1, 0.15) is 36.5 Å². The van der Waals surface area contributed by atoms with E-state index in [1.54, 1.807) is 12.1 Å². The van der Waals surface area contributed by atoms with Crippen molar-refractivity contribution in [3.8, 4) is 17.2 Å². The van der Waals surface area contributed by atoms with E-state index < -0.39 is 30.5 Å². The quantitative estimate of drug-likeness (QED) is 0.294. The Kier molecular flexibility index (Phi) is 13.1. The average molecular weight is 568 g/mol. The summed E-state index contributed by atoms with van der Waals surface area (Å²) in [4.78, 5) is 47.1. The first-order chi connectivity index (χ1) is 18.3. The number of hydrogen-bond donors (Lipinski definition) is 3. The SMILES string of the molecule is COc1cc(C(=O)NC2CCCN(C(=O)OC(C)OC(=O)CCN)C2)cc(OC)c1OC.O=C(O)C(F)(F)F. The van der Waals surface area contributed by atoms with Gasteiger partial charge in [0.1, 0.15) is 0 Å². The molecule has 4 N–H and O–H groups in total. The number of rotatable bonds is 9. The molecule has 0 saturated carbocycles. The Morgan fingerprint density at radius 1 is 1.10 bits per heavy atom. The van der Waals surface area contributed by atoms with Crippen molar-refractivity contribution >= 4 is 23.9 Å². The van der Waals surface area contributed by atoms with Gasteiger partial charge in [-0.2, -0.15) is 13.2 Å². The number of halogens is 3. The van der Waals surface area contributed by atoms with E-state index in [9.17, 15) is 27.6 Å². The maximum Gasteiger partial charge on any atom is 0.490 e. The predicted octanol–water partition coefficient (Wildman–Crippen LogP) is 1.91. The number of esters is 1. The number of likely N-dealkylation sites (tertiary alicyclic amines) is 1. The van der Waals surface area contributed by atoms with Crippen LogP contribution in [0.3, 0.4) is 0 Å². The minimum absolute atomic E-state index is 0.0423. The Hall–Kier alpha value is -3.95. The van der Waals surface area contributed by atoms with Crippen molar-refractivity contribution < 1.29 is 61.1 Å². The zero-order valence-corrected chi connectivity index (χ0v) is 21.8. The van der Waals surface area contributed by atoms with E-state index in [1.165, 1.54) is 33.2 Å². The van der Waals surface area contributed by atoms with Crippen LogP contribution in [-0.4, -0.2) is 93.4 Å². The Morgan fingerprint density at radius 2 is 1.67 bits per heavy atom. The van der Waals surface area contributed by atoms with Crippen LogP contribution in [0.5, 0.6) is 17.2 Å². The molecule has 13 nitrogen and oxygen atoms in total. The Bertz CT molecular complexity index is 981. The van der Waals surface area contributed by atoms with Gasteiger partial charge in [0, 0.05) is 38.2 Å². The summed E-state index contributed by atoms with van der Waals surface area (Å²) in [5.41, 5.74) is 5.63. The van der Waals surface area contributed by atoms with Gasteiger partial charge in [-0.3, -0.25) is 9.59 Å². The fraction of sp³-hybridized carbons (Fsp3) is 0.565. The van der Waals surface area contributed by atoms with Crippen LogP contribution in [0.25, 0.3) is 0 Å². The second-order valence-electron chi connectivity index (χ2n) is 7.96. The van der Waals surface area contributed by atoms with Crippen LogP contribution in [0.15, 0.2) is 12.1 Å². The van der Waals surface area contributed by atoms with Gasteiger partial charge in [0.15, 0.2) is 11.5 Å². The van der Waals surface area contributed by atoms with Crippen molar-refractivity contribution in [3.63, 3.8) is 0 Å². The van der Waals surface area contributed by atoms with Gasteiger partial charge < -0.3 is 44.7 Å². The summed E-state index contributed by atoms with van der Waals surface area (Å²) >= 11 is 0. The highest BCUT2D eigenvalue weighted by Crippen LogP contribution is 2.38. The Balaban J connectivity index is 0.000000956. The molecule has 1 heterocycles. The van der Waals surface area contributed by atoms with Gasteiger partial charge in [0.25, 0.3) is 5.91 Å². The molecule has 1 saturated heterocycles. The summed E-state index contributed by atoms with van der Waals surface area (Å²) in [5, 5.41) is 10.0. The van der Waals surface area contributed by atoms with Crippen molar-refractivity contribution in [1.29, 1.82) is 0 Å². The monoisotopic (exact) mass is 567 g/mol. The third kappa shape index (κ3) is 10.7. The lowest BCUT2D eigenvalue weighted by Crippen LogP contribution is -2.50. The number of carbonyl (C=O) groups excluding carboxylic acids is 3. The maximum atomic E-state index is 12.8. The number of amides is 2. The molecule has 0 aromatic heterocycles. The summed E-state index contributed by atoms with van der Waals surface area (Å²) in [6, 6.07) is 2.84. The lowest BCUT2D eigenvalue weighted by atomic mass is 10.1. The Morgan fingerprint density at radius 3 is 2.13 bits per heavy atom. The summed E-state index contributed by atoms with van der Waals surface area (Å²) in [5.74, 6) is -2.52. The fourth-order valence-electron chi connectivity index (χ4n) is 3.34. The number of benzene rings is 1. The number of carboxylic acid groups (broad SMARTS) is 1. The summed E-state index contributed by atoms with van der Waals surface area (Å²) < 4.78 is 57.7. The molecule has 1 aromatic carbocycles. The average Bonchev–Trinajstić information content (AvgIpc) is 2.87. The number of alkyl halides is 3. The van der Waals surface area contributed by atoms with E-state index in [0.717, 1.165) is 0 Å². The molecule has 16 heteroatoms. The molecule has 0 spiro atoms. The minimum Gasteiger partial charge on any atom is -0.493 e. The summed E-state index contributed by atoms with van der Waals surface area (Å²) in [6.07, 6.45) is -5.32. The highest BCUT2D eigenvalue weighted by atomic mass is 19.4. The topological polar surface area (TPSA) is 176 Å². The van der Waals surface area contributed by atoms with Crippen LogP contribution < -0.4 is 25.3 Å². The number of aliphatic carboxylic acids is 1. The van der Waals surface area contributed by atoms with Crippen LogP contribution in [0.4, 0.5) is 18.0 Å². The van der Waals surface area contributed by atoms with E-state index in [1.807, 2.05) is 0 Å². The third-order valence-corrected chi connectivity index (χ3v) is 5.10. The molecule has 2 unspecified atom stereocenters. The van der Waals surface area contributed by atoms with Gasteiger partial charge in [0.2, 0.25) is 12.0 Å². The van der Waals surface area contributed by atoms with Crippen LogP contribution >= 0.6 is 0 Å². The molecule has 0 aliphatic carbocycles. The largest absolute Gasteiger partial charge is 0.493 e. The molecule has 1 fully saturated rings. The smallest absolute Gasteiger partial charge is 0.490 e. The summed E-state index contributed by atoms with van der Waals surface area (Å²) in [7, 11) is 4.42. The van der Waals surface area contributed by atoms with Gasteiger partial charge >= 0.3 is 24.2 Å². The molecule has 220 valence electrons. The van der Waals surface area contributed by atoms with E-state index in [2.05, 4.69) is 5.32 Å². The number of nitrogens with two attached hydrogens (primary N) is 1. The zero-order valence-electron chi connectivity index (χ0n) is 21.8. The van der Waals surface area contributed by atoms with Gasteiger partial charge in [-0.15, -0.1) is 0 Å². The first-order valence-electron chi connectivity index (χ1n) is 11.5. The molecular weight excluding hydrogens is 535 g/mol. The molecule has 0 radical (unpaired) electrons. The van der Waals surface area contributed by atoms with E-state index >= 15 is 0 Å². The number of nitrogens with one attached hydrogen (secondary N) is 1. The molecule has 1 aliphatic rings. The van der Waals surface area contributed by atoms with Crippen molar-refractivity contribution in [2.45, 2.75) is 44.7 Å². The standard InChI is InChI=1S/C21H31N3O8.C2HF3O2/c1-13(31-18(25)7-8-22)32-21(27)24-9-5-6-15(12-24)23-20(26)14-10-16(28-2)19(30-4)17(11-14)29-3;3-2(4,5)1(6)7/h10-11,13,15H,5-9,12,22H2,1-4H3,(H,23,26);(H,6,7). The number of nitrogens with zero attached hydrogens (tertiary/aromatic N) is 1. The molecule has 39 heavy (non-hydrogen) atoms. The lowest BCUT2D eigenvalue weighted by molar-refractivity contribution is -0.192. The molecular formula is C23H32F3N3O10. The minimum atomic E-state index is -5.08. The maximum absolute atomic E-state index is 12.8. The number of methoxy groups -OCH3 is 3. The van der Waals surface area contributed by atoms with Gasteiger partial charge in [-0.1, -0.05) is 0 Å². The number of piperidine rings is 1. The zero-order chi connectivity index (χ0) is 29.8. The van der Waals surface area contributed by atoms with Gasteiger partial charge in [-0.25, -0.2) is 9.59 Å². The number of ether oxygens (including phenoxy) is 5. The van der Waals surface area contributed by atoms with Crippen molar-refractivity contribution in [1.82, 2.24) is 10.2 Å². The highest BCUT2D eigenvalue weighted by molar-refractivity contribution is 5.96. The van der Waals surface area contributed by atoms with Gasteiger partial charge in [0.05, 0.1) is 27.8 Å². The lowest BCUT2D eigenvalue weighted by Gasteiger charge is -2.33. The first-order valence-corrected chi connectivity index (χ1v) is 11.5. The van der Waals surface area contributed by atoms with E-state index in [0.29, 0.717) is 42.2 Å². The van der Waals surface area contributed by atoms with Crippen LogP contribution in [0, 0.1) is 0 Å². The summed E-state index contributed by atoms with van der Waals surface area (Å²) in [6.45, 7) is 2.34. The molecule has 2 atom stereocenters. The number of carboxylic acids is 1. The second kappa shape index (κ2) is 15.5. The predicted molar refractivity (Wildman–Crippen MR) is 128 cm³/mol. The normalized spacial score (nSPS) is 15.6. The fourth-order valence-corrected chi connectivity index (χ4v) is 3.34. The van der Waals surface area contributed by atoms with Crippen LogP contribution in [-0.2, 0) is 19.1 Å². The van der Waals surface area contributed by atoms with E-state index in [-0.39, 0.29) is 31.5 Å². The second-order valence-corrected chi connectivity index (χ2v) is 7.96. The highest BCUT2D eigenvalue weighted by Gasteiger charge is 2.38. The third-order valence-electron chi connectivity index (χ3n) is 5.10. The molecule has 2 amide bonds. The van der Waals surface area contributed by atoms with Crippen LogP contribution in [0.2, 0.25) is 0 Å². The van der Waals surface area contributed by atoms with E-state index in [4.69, 9.17) is 39.3 Å². The Labute approximate surface area is 222 Å². The number of carbonyl (C=O) groups is 4. The molecule has 1 aliphatic heterocycles. The van der Waals surface area contributed by atoms with Gasteiger partial charge in [-0.05, 0) is 25.0 Å². The molecule has 2 rings (SSSR count). The van der Waals surface area contributed by atoms with Crippen molar-refractivity contribution in [2.75, 3.05) is 41.0 Å². The van der Waals surface area contributed by atoms with Crippen molar-refractivity contribution in [2.24, 2.45) is 5.73 Å². The molecule has 1 aromatic rings. The first kappa shape index (κ1) is 33.1. The molecule has 0 bridgehead atoms.